The van der Waals surface area contributed by atoms with Crippen LogP contribution < -0.4 is 5.32 Å². The molecule has 0 aliphatic rings. The minimum absolute atomic E-state index is 0.0212. The van der Waals surface area contributed by atoms with Crippen molar-refractivity contribution in [1.29, 1.82) is 0 Å². The molecule has 430 valence electrons. The zero-order chi connectivity index (χ0) is 52.0. The molecule has 3 N–H and O–H groups in total. The van der Waals surface area contributed by atoms with Crippen LogP contribution in [0.2, 0.25) is 0 Å². The van der Waals surface area contributed by atoms with Crippen molar-refractivity contribution < 1.29 is 15.0 Å². The summed E-state index contributed by atoms with van der Waals surface area (Å²) in [5, 5.41) is 23.4. The molecular formula is C68H135NO3. The number of carbonyl (C=O) groups is 1. The third-order valence-corrected chi connectivity index (χ3v) is 16.3. The number of carbonyl (C=O) groups excluding carboxylic acids is 1. The Bertz CT molecular complexity index is 1010. The molecule has 0 radical (unpaired) electrons. The number of hydrogen-bond donors (Lipinski definition) is 3. The molecule has 2 unspecified atom stereocenters. The Labute approximate surface area is 454 Å². The Morgan fingerprint density at radius 3 is 0.764 bits per heavy atom. The molecule has 0 saturated carbocycles. The van der Waals surface area contributed by atoms with Crippen LogP contribution in [0.25, 0.3) is 0 Å². The summed E-state index contributed by atoms with van der Waals surface area (Å²) in [6.07, 6.45) is 85.6. The van der Waals surface area contributed by atoms with Gasteiger partial charge < -0.3 is 15.5 Å². The third kappa shape index (κ3) is 60.0. The maximum Gasteiger partial charge on any atom is 0.220 e. The van der Waals surface area contributed by atoms with E-state index in [1.807, 2.05) is 0 Å². The van der Waals surface area contributed by atoms with Gasteiger partial charge in [-0.15, -0.1) is 0 Å². The summed E-state index contributed by atoms with van der Waals surface area (Å²) in [5.41, 5.74) is 0. The van der Waals surface area contributed by atoms with Crippen molar-refractivity contribution >= 4 is 5.91 Å². The van der Waals surface area contributed by atoms with Crippen LogP contribution in [0.4, 0.5) is 0 Å². The quantitative estimate of drug-likeness (QED) is 0.0420. The highest BCUT2D eigenvalue weighted by Crippen LogP contribution is 2.19. The van der Waals surface area contributed by atoms with Crippen molar-refractivity contribution in [3.05, 3.63) is 12.2 Å². The minimum Gasteiger partial charge on any atom is -0.394 e. The van der Waals surface area contributed by atoms with Crippen molar-refractivity contribution in [2.75, 3.05) is 6.61 Å². The summed E-state index contributed by atoms with van der Waals surface area (Å²) in [6, 6.07) is -0.533. The highest BCUT2D eigenvalue weighted by atomic mass is 16.3. The van der Waals surface area contributed by atoms with Crippen LogP contribution >= 0.6 is 0 Å². The molecule has 0 aliphatic heterocycles. The lowest BCUT2D eigenvalue weighted by molar-refractivity contribution is -0.123. The second-order valence-corrected chi connectivity index (χ2v) is 23.6. The molecule has 0 saturated heterocycles. The predicted octanol–water partition coefficient (Wildman–Crippen LogP) is 22.8. The van der Waals surface area contributed by atoms with Crippen LogP contribution in [0.5, 0.6) is 0 Å². The van der Waals surface area contributed by atoms with Gasteiger partial charge >= 0.3 is 0 Å². The zero-order valence-electron chi connectivity index (χ0n) is 49.7. The predicted molar refractivity (Wildman–Crippen MR) is 323 cm³/mol. The Balaban J connectivity index is 3.33. The number of aliphatic hydroxyl groups is 2. The fourth-order valence-electron chi connectivity index (χ4n) is 11.1. The van der Waals surface area contributed by atoms with Gasteiger partial charge in [0.2, 0.25) is 5.91 Å². The van der Waals surface area contributed by atoms with Crippen molar-refractivity contribution in [2.45, 2.75) is 411 Å². The largest absolute Gasteiger partial charge is 0.394 e. The van der Waals surface area contributed by atoms with Crippen molar-refractivity contribution in [3.8, 4) is 0 Å². The average Bonchev–Trinajstić information content (AvgIpc) is 3.39. The van der Waals surface area contributed by atoms with Gasteiger partial charge in [-0.25, -0.2) is 0 Å². The molecule has 0 aliphatic carbocycles. The molecule has 0 bridgehead atoms. The topological polar surface area (TPSA) is 69.6 Å². The SMILES string of the molecule is CCCCCCCCCC/C=C\CCCCCCCCCCCCCCCCCCCCCCCCCCCCCCCC(=O)NC(CO)C(O)CCCCCCCCCCCCCCCCCCCCC. The average molecular weight is 1010 g/mol. The lowest BCUT2D eigenvalue weighted by Gasteiger charge is -2.22. The second kappa shape index (κ2) is 64.4. The Morgan fingerprint density at radius 2 is 0.528 bits per heavy atom. The maximum absolute atomic E-state index is 12.5. The van der Waals surface area contributed by atoms with Gasteiger partial charge in [-0.3, -0.25) is 4.79 Å². The van der Waals surface area contributed by atoms with E-state index in [9.17, 15) is 15.0 Å². The molecule has 2 atom stereocenters. The van der Waals surface area contributed by atoms with Crippen LogP contribution in [0, 0.1) is 0 Å². The van der Waals surface area contributed by atoms with Gasteiger partial charge in [0.1, 0.15) is 0 Å². The Hall–Kier alpha value is -0.870. The smallest absolute Gasteiger partial charge is 0.220 e. The summed E-state index contributed by atoms with van der Waals surface area (Å²) in [7, 11) is 0. The third-order valence-electron chi connectivity index (χ3n) is 16.3. The maximum atomic E-state index is 12.5. The number of allylic oxidation sites excluding steroid dienone is 2. The fraction of sp³-hybridized carbons (Fsp3) is 0.956. The molecule has 4 nitrogen and oxygen atoms in total. The zero-order valence-corrected chi connectivity index (χ0v) is 49.7. The summed E-state index contributed by atoms with van der Waals surface area (Å²) in [5.74, 6) is -0.0212. The number of rotatable bonds is 64. The molecule has 0 heterocycles. The Kier molecular flexibility index (Phi) is 63.6. The number of nitrogens with one attached hydrogen (secondary N) is 1. The van der Waals surface area contributed by atoms with Crippen LogP contribution in [0.1, 0.15) is 399 Å². The van der Waals surface area contributed by atoms with Crippen molar-refractivity contribution in [3.63, 3.8) is 0 Å². The molecular weight excluding hydrogens is 879 g/mol. The first-order valence-corrected chi connectivity index (χ1v) is 33.9. The number of unbranched alkanes of at least 4 members (excludes halogenated alkanes) is 55. The van der Waals surface area contributed by atoms with E-state index in [1.165, 1.54) is 347 Å². The van der Waals surface area contributed by atoms with E-state index in [4.69, 9.17) is 0 Å². The van der Waals surface area contributed by atoms with Gasteiger partial charge in [0.05, 0.1) is 18.8 Å². The van der Waals surface area contributed by atoms with Crippen molar-refractivity contribution in [1.82, 2.24) is 5.32 Å². The summed E-state index contributed by atoms with van der Waals surface area (Å²) >= 11 is 0. The first kappa shape index (κ1) is 71.1. The van der Waals surface area contributed by atoms with Crippen molar-refractivity contribution in [2.24, 2.45) is 0 Å². The highest BCUT2D eigenvalue weighted by molar-refractivity contribution is 5.76. The molecule has 0 aromatic rings. The first-order valence-electron chi connectivity index (χ1n) is 33.9. The second-order valence-electron chi connectivity index (χ2n) is 23.6. The molecule has 0 rings (SSSR count). The van der Waals surface area contributed by atoms with E-state index in [0.29, 0.717) is 12.8 Å². The normalized spacial score (nSPS) is 12.7. The Morgan fingerprint density at radius 1 is 0.319 bits per heavy atom. The standard InChI is InChI=1S/C68H135NO3/c1-3-5-7-9-11-13-15-17-19-21-23-24-25-26-27-28-29-30-31-32-33-34-35-36-37-38-39-40-41-42-43-44-46-48-50-52-54-56-58-60-62-64-68(72)69-66(65-70)67(71)63-61-59-57-55-53-51-49-47-45-22-20-18-16-14-12-10-8-6-4-2/h21,23,66-67,70-71H,3-20,22,24-65H2,1-2H3,(H,69,72)/b23-21-. The van der Waals surface area contributed by atoms with Gasteiger partial charge in [-0.2, -0.15) is 0 Å². The summed E-state index contributed by atoms with van der Waals surface area (Å²) < 4.78 is 0. The van der Waals surface area contributed by atoms with Gasteiger partial charge in [-0.1, -0.05) is 366 Å². The molecule has 0 aromatic carbocycles. The van der Waals surface area contributed by atoms with E-state index >= 15 is 0 Å². The van der Waals surface area contributed by atoms with Gasteiger partial charge in [0.25, 0.3) is 0 Å². The number of aliphatic hydroxyl groups excluding tert-OH is 2. The van der Waals surface area contributed by atoms with E-state index in [2.05, 4.69) is 31.3 Å². The molecule has 4 heteroatoms. The molecule has 72 heavy (non-hydrogen) atoms. The molecule has 1 amide bonds. The van der Waals surface area contributed by atoms with Crippen LogP contribution in [0.3, 0.4) is 0 Å². The fourth-order valence-corrected chi connectivity index (χ4v) is 11.1. The van der Waals surface area contributed by atoms with E-state index in [-0.39, 0.29) is 12.5 Å². The molecule has 0 aromatic heterocycles. The summed E-state index contributed by atoms with van der Waals surface area (Å²) in [6.45, 7) is 4.40. The van der Waals surface area contributed by atoms with Crippen LogP contribution in [-0.2, 0) is 4.79 Å². The van der Waals surface area contributed by atoms with E-state index < -0.39 is 12.1 Å². The monoisotopic (exact) mass is 1010 g/mol. The first-order chi connectivity index (χ1) is 35.7. The van der Waals surface area contributed by atoms with Gasteiger partial charge in [0.15, 0.2) is 0 Å². The summed E-state index contributed by atoms with van der Waals surface area (Å²) in [4.78, 5) is 12.5. The lowest BCUT2D eigenvalue weighted by atomic mass is 10.0. The van der Waals surface area contributed by atoms with Crippen LogP contribution in [0.15, 0.2) is 12.2 Å². The highest BCUT2D eigenvalue weighted by Gasteiger charge is 2.20. The molecule has 0 spiro atoms. The van der Waals surface area contributed by atoms with E-state index in [1.54, 1.807) is 0 Å². The van der Waals surface area contributed by atoms with Gasteiger partial charge in [-0.05, 0) is 38.5 Å². The minimum atomic E-state index is -0.656. The number of amides is 1. The number of hydrogen-bond acceptors (Lipinski definition) is 3. The van der Waals surface area contributed by atoms with Crippen LogP contribution in [-0.4, -0.2) is 34.9 Å². The molecule has 0 fully saturated rings. The lowest BCUT2D eigenvalue weighted by Crippen LogP contribution is -2.45. The van der Waals surface area contributed by atoms with Gasteiger partial charge in [0, 0.05) is 6.42 Å². The van der Waals surface area contributed by atoms with E-state index in [0.717, 1.165) is 25.7 Å².